The van der Waals surface area contributed by atoms with Crippen LogP contribution in [-0.4, -0.2) is 39.1 Å². The maximum absolute atomic E-state index is 12.2. The van der Waals surface area contributed by atoms with Gasteiger partial charge in [0.1, 0.15) is 0 Å². The lowest BCUT2D eigenvalue weighted by Gasteiger charge is -2.45. The molecule has 1 aliphatic rings. The van der Waals surface area contributed by atoms with Crippen LogP contribution >= 0.6 is 11.8 Å². The maximum Gasteiger partial charge on any atom is 0.251 e. The van der Waals surface area contributed by atoms with E-state index >= 15 is 0 Å². The van der Waals surface area contributed by atoms with Gasteiger partial charge in [0.15, 0.2) is 0 Å². The summed E-state index contributed by atoms with van der Waals surface area (Å²) in [4.78, 5) is 16.3. The van der Waals surface area contributed by atoms with Crippen molar-refractivity contribution in [3.05, 3.63) is 29.6 Å². The van der Waals surface area contributed by atoms with Crippen LogP contribution in [0.4, 0.5) is 0 Å². The van der Waals surface area contributed by atoms with Crippen LogP contribution in [0.2, 0.25) is 0 Å². The first-order valence-electron chi connectivity index (χ1n) is 7.15. The second-order valence-electron chi connectivity index (χ2n) is 5.16. The maximum atomic E-state index is 12.2. The molecule has 0 aliphatic heterocycles. The van der Waals surface area contributed by atoms with Crippen LogP contribution in [0.1, 0.15) is 42.6 Å². The van der Waals surface area contributed by atoms with E-state index in [1.54, 1.807) is 30.2 Å². The third-order valence-electron chi connectivity index (χ3n) is 3.89. The average Bonchev–Trinajstić information content (AvgIpc) is 2.48. The van der Waals surface area contributed by atoms with Gasteiger partial charge in [-0.05, 0) is 36.6 Å². The summed E-state index contributed by atoms with van der Waals surface area (Å²) in [6.45, 7) is 4.42. The second-order valence-corrected chi connectivity index (χ2v) is 6.64. The topological polar surface area (TPSA) is 62.2 Å². The van der Waals surface area contributed by atoms with Gasteiger partial charge in [-0.25, -0.2) is 0 Å². The number of aliphatic hydroxyl groups is 1. The normalized spacial score (nSPS) is 25.1. The fourth-order valence-corrected chi connectivity index (χ4v) is 3.69. The summed E-state index contributed by atoms with van der Waals surface area (Å²) >= 11 is 1.77. The molecule has 20 heavy (non-hydrogen) atoms. The Morgan fingerprint density at radius 3 is 3.00 bits per heavy atom. The van der Waals surface area contributed by atoms with Crippen molar-refractivity contribution in [3.8, 4) is 0 Å². The molecule has 0 unspecified atom stereocenters. The van der Waals surface area contributed by atoms with Crippen molar-refractivity contribution in [1.82, 2.24) is 10.3 Å². The Morgan fingerprint density at radius 2 is 2.40 bits per heavy atom. The van der Waals surface area contributed by atoms with E-state index in [0.717, 1.165) is 30.6 Å². The first kappa shape index (κ1) is 15.3. The number of carbonyl (C=O) groups excluding carboxylic acids is 1. The minimum absolute atomic E-state index is 0.121. The fourth-order valence-electron chi connectivity index (χ4n) is 2.50. The molecule has 1 fully saturated rings. The van der Waals surface area contributed by atoms with Crippen molar-refractivity contribution in [2.45, 2.75) is 44.0 Å². The van der Waals surface area contributed by atoms with Crippen molar-refractivity contribution in [3.63, 3.8) is 0 Å². The molecule has 2 rings (SSSR count). The fraction of sp³-hybridized carbons (Fsp3) is 0.600. The third kappa shape index (κ3) is 3.15. The molecule has 2 N–H and O–H groups in total. The van der Waals surface area contributed by atoms with Crippen LogP contribution in [0.5, 0.6) is 0 Å². The molecule has 1 saturated carbocycles. The number of rotatable bonds is 6. The molecular weight excluding hydrogens is 272 g/mol. The first-order valence-corrected chi connectivity index (χ1v) is 8.20. The molecule has 0 bridgehead atoms. The van der Waals surface area contributed by atoms with E-state index in [2.05, 4.69) is 17.2 Å². The first-order chi connectivity index (χ1) is 9.60. The summed E-state index contributed by atoms with van der Waals surface area (Å²) in [6, 6.07) is 1.73. The summed E-state index contributed by atoms with van der Waals surface area (Å²) in [5.41, 5.74) is 0.852. The lowest BCUT2D eigenvalue weighted by Crippen LogP contribution is -2.57. The Bertz CT molecular complexity index is 481. The van der Waals surface area contributed by atoms with Gasteiger partial charge in [0.05, 0.1) is 5.60 Å². The zero-order valence-corrected chi connectivity index (χ0v) is 12.9. The quantitative estimate of drug-likeness (QED) is 0.842. The molecular formula is C15H22N2O2S. The highest BCUT2D eigenvalue weighted by molar-refractivity contribution is 8.00. The molecule has 0 radical (unpaired) electrons. The van der Waals surface area contributed by atoms with Crippen molar-refractivity contribution in [2.24, 2.45) is 0 Å². The number of thioether (sulfide) groups is 1. The lowest BCUT2D eigenvalue weighted by molar-refractivity contribution is -0.0221. The number of carbonyl (C=O) groups is 1. The summed E-state index contributed by atoms with van der Waals surface area (Å²) in [6.07, 6.45) is 5.92. The van der Waals surface area contributed by atoms with E-state index in [1.807, 2.05) is 6.92 Å². The summed E-state index contributed by atoms with van der Waals surface area (Å²) in [7, 11) is 0. The molecule has 0 aromatic carbocycles. The zero-order chi connectivity index (χ0) is 14.6. The van der Waals surface area contributed by atoms with E-state index in [1.165, 1.54) is 0 Å². The van der Waals surface area contributed by atoms with Gasteiger partial charge in [-0.3, -0.25) is 9.78 Å². The Morgan fingerprint density at radius 1 is 1.60 bits per heavy atom. The highest BCUT2D eigenvalue weighted by Crippen LogP contribution is 2.40. The molecule has 4 nitrogen and oxygen atoms in total. The van der Waals surface area contributed by atoms with Crippen LogP contribution in [0.3, 0.4) is 0 Å². The molecule has 0 spiro atoms. The average molecular weight is 294 g/mol. The monoisotopic (exact) mass is 294 g/mol. The predicted molar refractivity (Wildman–Crippen MR) is 82.1 cm³/mol. The van der Waals surface area contributed by atoms with Gasteiger partial charge in [-0.1, -0.05) is 13.8 Å². The number of aryl methyl sites for hydroxylation is 1. The number of hydrogen-bond donors (Lipinski definition) is 2. The molecule has 5 heteroatoms. The molecule has 2 atom stereocenters. The number of nitrogens with one attached hydrogen (secondary N) is 1. The zero-order valence-electron chi connectivity index (χ0n) is 12.1. The Hall–Kier alpha value is -1.07. The molecule has 1 aromatic rings. The minimum atomic E-state index is -0.740. The van der Waals surface area contributed by atoms with Gasteiger partial charge >= 0.3 is 0 Å². The van der Waals surface area contributed by atoms with E-state index < -0.39 is 5.60 Å². The van der Waals surface area contributed by atoms with E-state index in [4.69, 9.17) is 0 Å². The Kier molecular flexibility index (Phi) is 5.05. The summed E-state index contributed by atoms with van der Waals surface area (Å²) in [5.74, 6) is 0.871. The van der Waals surface area contributed by atoms with Crippen molar-refractivity contribution < 1.29 is 9.90 Å². The SMILES string of the molecule is CCS[C@@H]1CC[C@@]1(O)CNC(=O)c1ccncc1CC. The number of hydrogen-bond acceptors (Lipinski definition) is 4. The van der Waals surface area contributed by atoms with Gasteiger partial charge in [-0.15, -0.1) is 0 Å². The van der Waals surface area contributed by atoms with Crippen molar-refractivity contribution >= 4 is 17.7 Å². The van der Waals surface area contributed by atoms with Crippen LogP contribution < -0.4 is 5.32 Å². The van der Waals surface area contributed by atoms with Gasteiger partial charge in [0, 0.05) is 29.8 Å². The highest BCUT2D eigenvalue weighted by Gasteiger charge is 2.45. The van der Waals surface area contributed by atoms with Crippen LogP contribution in [-0.2, 0) is 6.42 Å². The van der Waals surface area contributed by atoms with Gasteiger partial charge in [-0.2, -0.15) is 11.8 Å². The standard InChI is InChI=1S/C15H22N2O2S/c1-3-11-9-16-8-6-12(11)14(18)17-10-15(19)7-5-13(15)20-4-2/h6,8-9,13,19H,3-5,7,10H2,1-2H3,(H,17,18)/t13-,15-/m1/s1. The molecule has 1 heterocycles. The van der Waals surface area contributed by atoms with Gasteiger partial charge in [0.2, 0.25) is 0 Å². The van der Waals surface area contributed by atoms with E-state index in [0.29, 0.717) is 12.1 Å². The minimum Gasteiger partial charge on any atom is -0.387 e. The molecule has 0 saturated heterocycles. The third-order valence-corrected chi connectivity index (χ3v) is 5.30. The molecule has 1 aliphatic carbocycles. The largest absolute Gasteiger partial charge is 0.387 e. The highest BCUT2D eigenvalue weighted by atomic mass is 32.2. The van der Waals surface area contributed by atoms with Crippen LogP contribution in [0.25, 0.3) is 0 Å². The van der Waals surface area contributed by atoms with Crippen LogP contribution in [0.15, 0.2) is 18.5 Å². The number of amides is 1. The molecule has 1 amide bonds. The Labute approximate surface area is 124 Å². The number of nitrogens with zero attached hydrogens (tertiary/aromatic N) is 1. The predicted octanol–water partition coefficient (Wildman–Crippen LogP) is 2.02. The molecule has 1 aromatic heterocycles. The van der Waals surface area contributed by atoms with E-state index in [9.17, 15) is 9.90 Å². The lowest BCUT2D eigenvalue weighted by atomic mass is 9.79. The summed E-state index contributed by atoms with van der Waals surface area (Å²) < 4.78 is 0. The Balaban J connectivity index is 1.95. The van der Waals surface area contributed by atoms with E-state index in [-0.39, 0.29) is 11.2 Å². The van der Waals surface area contributed by atoms with Gasteiger partial charge < -0.3 is 10.4 Å². The summed E-state index contributed by atoms with van der Waals surface area (Å²) in [5, 5.41) is 13.6. The number of pyridine rings is 1. The second kappa shape index (κ2) is 6.59. The van der Waals surface area contributed by atoms with Crippen molar-refractivity contribution in [2.75, 3.05) is 12.3 Å². The van der Waals surface area contributed by atoms with Crippen LogP contribution in [0, 0.1) is 0 Å². The van der Waals surface area contributed by atoms with Gasteiger partial charge in [0.25, 0.3) is 5.91 Å². The molecule has 110 valence electrons. The van der Waals surface area contributed by atoms with Crippen molar-refractivity contribution in [1.29, 1.82) is 0 Å². The number of aromatic nitrogens is 1. The smallest absolute Gasteiger partial charge is 0.251 e.